The van der Waals surface area contributed by atoms with Crippen LogP contribution in [0.1, 0.15) is 13.8 Å². The van der Waals surface area contributed by atoms with Crippen molar-refractivity contribution in [2.45, 2.75) is 13.8 Å². The second-order valence-electron chi connectivity index (χ2n) is 1.67. The molecule has 0 atom stereocenters. The molecule has 0 rings (SSSR count). The van der Waals surface area contributed by atoms with E-state index in [0.717, 1.165) is 0 Å². The Labute approximate surface area is 50.1 Å². The molecule has 0 aromatic carbocycles. The van der Waals surface area contributed by atoms with E-state index in [0.29, 0.717) is 4.91 Å². The average Bonchev–Trinajstić information content (AvgIpc) is 1.62. The molecule has 0 amide bonds. The summed E-state index contributed by atoms with van der Waals surface area (Å²) in [4.78, 5) is 0.428. The Morgan fingerprint density at radius 2 is 1.88 bits per heavy atom. The molecular weight excluding hydrogens is 124 g/mol. The van der Waals surface area contributed by atoms with Gasteiger partial charge in [0.05, 0.1) is 0 Å². The van der Waals surface area contributed by atoms with E-state index in [-0.39, 0.29) is 0 Å². The lowest BCUT2D eigenvalue weighted by molar-refractivity contribution is 0.607. The van der Waals surface area contributed by atoms with Crippen LogP contribution in [0.15, 0.2) is 11.0 Å². The first-order valence-corrected chi connectivity index (χ1v) is 4.20. The molecule has 0 heterocycles. The molecule has 0 saturated carbocycles. The maximum absolute atomic E-state index is 10.5. The fourth-order valence-electron chi connectivity index (χ4n) is 0.214. The molecule has 0 aliphatic carbocycles. The van der Waals surface area contributed by atoms with E-state index in [1.165, 1.54) is 6.26 Å². The van der Waals surface area contributed by atoms with Crippen molar-refractivity contribution in [1.82, 2.24) is 0 Å². The zero-order valence-corrected chi connectivity index (χ0v) is 6.12. The van der Waals surface area contributed by atoms with E-state index < -0.39 is 9.84 Å². The van der Waals surface area contributed by atoms with Crippen molar-refractivity contribution in [3.05, 3.63) is 11.0 Å². The minimum absolute atomic E-state index is 0.428. The molecule has 0 radical (unpaired) electrons. The Kier molecular flexibility index (Phi) is 2.22. The Morgan fingerprint density at radius 1 is 1.50 bits per heavy atom. The van der Waals surface area contributed by atoms with Crippen LogP contribution in [-0.2, 0) is 9.84 Å². The van der Waals surface area contributed by atoms with Gasteiger partial charge < -0.3 is 0 Å². The topological polar surface area (TPSA) is 34.1 Å². The second kappa shape index (κ2) is 2.31. The predicted molar refractivity (Wildman–Crippen MR) is 34.3 cm³/mol. The summed E-state index contributed by atoms with van der Waals surface area (Å²) in [6.45, 7) is 3.28. The fraction of sp³-hybridized carbons (Fsp3) is 0.600. The first-order valence-electron chi connectivity index (χ1n) is 2.31. The summed E-state index contributed by atoms with van der Waals surface area (Å²) in [5.74, 6) is 0. The van der Waals surface area contributed by atoms with Crippen molar-refractivity contribution < 1.29 is 8.42 Å². The van der Waals surface area contributed by atoms with E-state index >= 15 is 0 Å². The molecule has 48 valence electrons. The summed E-state index contributed by atoms with van der Waals surface area (Å²) < 4.78 is 21.0. The highest BCUT2D eigenvalue weighted by Crippen LogP contribution is 1.99. The highest BCUT2D eigenvalue weighted by Gasteiger charge is 2.00. The zero-order chi connectivity index (χ0) is 6.78. The summed E-state index contributed by atoms with van der Waals surface area (Å²) >= 11 is 0. The molecule has 0 N–H and O–H groups in total. The van der Waals surface area contributed by atoms with Gasteiger partial charge in [0.15, 0.2) is 9.84 Å². The van der Waals surface area contributed by atoms with Gasteiger partial charge in [-0.05, 0) is 13.8 Å². The smallest absolute Gasteiger partial charge is 0.171 e. The summed E-state index contributed by atoms with van der Waals surface area (Å²) in [5, 5.41) is 0. The molecule has 0 spiro atoms. The molecule has 0 unspecified atom stereocenters. The number of hydrogen-bond donors (Lipinski definition) is 0. The molecule has 0 aliphatic heterocycles. The number of sulfone groups is 1. The highest BCUT2D eigenvalue weighted by molar-refractivity contribution is 7.94. The van der Waals surface area contributed by atoms with Gasteiger partial charge >= 0.3 is 0 Å². The van der Waals surface area contributed by atoms with Gasteiger partial charge in [-0.2, -0.15) is 0 Å². The third kappa shape index (κ3) is 2.12. The zero-order valence-electron chi connectivity index (χ0n) is 5.30. The lowest BCUT2D eigenvalue weighted by Crippen LogP contribution is -1.95. The van der Waals surface area contributed by atoms with E-state index in [1.54, 1.807) is 19.9 Å². The molecule has 0 fully saturated rings. The normalized spacial score (nSPS) is 14.1. The third-order valence-corrected chi connectivity index (χ3v) is 2.40. The Balaban J connectivity index is 4.55. The van der Waals surface area contributed by atoms with Crippen LogP contribution in [0.5, 0.6) is 0 Å². The minimum Gasteiger partial charge on any atom is -0.224 e. The van der Waals surface area contributed by atoms with E-state index in [4.69, 9.17) is 0 Å². The van der Waals surface area contributed by atoms with Crippen molar-refractivity contribution in [2.75, 3.05) is 6.26 Å². The first-order chi connectivity index (χ1) is 3.48. The van der Waals surface area contributed by atoms with Crippen molar-refractivity contribution >= 4 is 9.84 Å². The van der Waals surface area contributed by atoms with Crippen molar-refractivity contribution in [3.8, 4) is 0 Å². The second-order valence-corrected chi connectivity index (χ2v) is 3.86. The lowest BCUT2D eigenvalue weighted by Gasteiger charge is -1.91. The number of allylic oxidation sites excluding steroid dienone is 2. The van der Waals surface area contributed by atoms with Crippen LogP contribution in [0.25, 0.3) is 0 Å². The molecule has 0 saturated heterocycles. The quantitative estimate of drug-likeness (QED) is 0.535. The summed E-state index contributed by atoms with van der Waals surface area (Å²) in [6, 6.07) is 0. The van der Waals surface area contributed by atoms with Gasteiger partial charge in [-0.15, -0.1) is 0 Å². The molecular formula is C5H10O2S. The van der Waals surface area contributed by atoms with Gasteiger partial charge in [0.25, 0.3) is 0 Å². The number of rotatable bonds is 1. The maximum atomic E-state index is 10.5. The monoisotopic (exact) mass is 134 g/mol. The van der Waals surface area contributed by atoms with Crippen LogP contribution in [-0.4, -0.2) is 14.7 Å². The molecule has 8 heavy (non-hydrogen) atoms. The van der Waals surface area contributed by atoms with Crippen molar-refractivity contribution in [2.24, 2.45) is 0 Å². The van der Waals surface area contributed by atoms with E-state index in [2.05, 4.69) is 0 Å². The molecule has 0 bridgehead atoms. The summed E-state index contributed by atoms with van der Waals surface area (Å²) in [6.07, 6.45) is 2.78. The van der Waals surface area contributed by atoms with Crippen LogP contribution >= 0.6 is 0 Å². The van der Waals surface area contributed by atoms with Gasteiger partial charge in [0.2, 0.25) is 0 Å². The molecule has 0 aromatic heterocycles. The minimum atomic E-state index is -2.89. The average molecular weight is 134 g/mol. The summed E-state index contributed by atoms with van der Waals surface area (Å²) in [7, 11) is -2.89. The van der Waals surface area contributed by atoms with Crippen molar-refractivity contribution in [3.63, 3.8) is 0 Å². The van der Waals surface area contributed by atoms with Crippen LogP contribution in [0.2, 0.25) is 0 Å². The van der Waals surface area contributed by atoms with Gasteiger partial charge in [0, 0.05) is 11.2 Å². The highest BCUT2D eigenvalue weighted by atomic mass is 32.2. The van der Waals surface area contributed by atoms with Gasteiger partial charge in [-0.1, -0.05) is 6.08 Å². The standard InChI is InChI=1S/C5H10O2S/c1-4-5(2)8(3,6)7/h4H,1-3H3/b5-4+. The Morgan fingerprint density at radius 3 is 1.88 bits per heavy atom. The Bertz CT molecular complexity index is 186. The Hall–Kier alpha value is -0.310. The molecule has 0 aromatic rings. The first kappa shape index (κ1) is 7.69. The lowest BCUT2D eigenvalue weighted by atomic mass is 10.6. The predicted octanol–water partition coefficient (Wildman–Crippen LogP) is 0.955. The fourth-order valence-corrected chi connectivity index (χ4v) is 0.642. The van der Waals surface area contributed by atoms with Crippen molar-refractivity contribution in [1.29, 1.82) is 0 Å². The van der Waals surface area contributed by atoms with Crippen LogP contribution in [0, 0.1) is 0 Å². The third-order valence-electron chi connectivity index (χ3n) is 0.991. The maximum Gasteiger partial charge on any atom is 0.171 e. The molecule has 0 aliphatic rings. The van der Waals surface area contributed by atoms with E-state index in [9.17, 15) is 8.42 Å². The molecule has 2 nitrogen and oxygen atoms in total. The molecule has 3 heteroatoms. The van der Waals surface area contributed by atoms with E-state index in [1.807, 2.05) is 0 Å². The number of hydrogen-bond acceptors (Lipinski definition) is 2. The van der Waals surface area contributed by atoms with Gasteiger partial charge in [-0.3, -0.25) is 0 Å². The van der Waals surface area contributed by atoms with Crippen LogP contribution < -0.4 is 0 Å². The summed E-state index contributed by atoms with van der Waals surface area (Å²) in [5.41, 5.74) is 0. The largest absolute Gasteiger partial charge is 0.224 e. The van der Waals surface area contributed by atoms with Gasteiger partial charge in [0.1, 0.15) is 0 Å². The SMILES string of the molecule is C/C=C(\C)S(C)(=O)=O. The van der Waals surface area contributed by atoms with Crippen LogP contribution in [0.4, 0.5) is 0 Å². The van der Waals surface area contributed by atoms with Crippen LogP contribution in [0.3, 0.4) is 0 Å². The van der Waals surface area contributed by atoms with Gasteiger partial charge in [-0.25, -0.2) is 8.42 Å².